The van der Waals surface area contributed by atoms with Gasteiger partial charge >= 0.3 is 0 Å². The molecule has 0 unspecified atom stereocenters. The molecule has 9 heteroatoms. The smallest absolute Gasteiger partial charge is 0.159 e. The normalized spacial score (nSPS) is 19.6. The van der Waals surface area contributed by atoms with Crippen molar-refractivity contribution < 1.29 is 4.39 Å². The number of aromatic nitrogens is 5. The molecule has 1 aliphatic rings. The van der Waals surface area contributed by atoms with Crippen LogP contribution in [0.3, 0.4) is 0 Å². The number of nitrogens with two attached hydrogens (primary N) is 1. The number of aromatic amines is 1. The zero-order valence-electron chi connectivity index (χ0n) is 16.9. The first-order valence-corrected chi connectivity index (χ1v) is 10.4. The van der Waals surface area contributed by atoms with Gasteiger partial charge in [-0.15, -0.1) is 0 Å². The molecule has 0 amide bonds. The first-order chi connectivity index (χ1) is 14.4. The van der Waals surface area contributed by atoms with Gasteiger partial charge in [0.05, 0.1) is 11.2 Å². The molecule has 0 spiro atoms. The number of rotatable bonds is 3. The third kappa shape index (κ3) is 3.11. The highest BCUT2D eigenvalue weighted by molar-refractivity contribution is 6.38. The minimum Gasteiger partial charge on any atom is -0.355 e. The molecule has 156 valence electrons. The summed E-state index contributed by atoms with van der Waals surface area (Å²) >= 11 is 6.61. The fourth-order valence-corrected chi connectivity index (χ4v) is 4.72. The average Bonchev–Trinajstić information content (AvgIpc) is 3.33. The van der Waals surface area contributed by atoms with Gasteiger partial charge < -0.3 is 15.6 Å². The van der Waals surface area contributed by atoms with Gasteiger partial charge in [-0.1, -0.05) is 11.6 Å². The Morgan fingerprint density at radius 1 is 1.30 bits per heavy atom. The summed E-state index contributed by atoms with van der Waals surface area (Å²) < 4.78 is 16.2. The van der Waals surface area contributed by atoms with Crippen LogP contribution in [0.4, 0.5) is 10.2 Å². The maximum Gasteiger partial charge on any atom is 0.159 e. The summed E-state index contributed by atoms with van der Waals surface area (Å²) in [5.41, 5.74) is 8.96. The molecule has 7 nitrogen and oxygen atoms in total. The minimum absolute atomic E-state index is 0.236. The lowest BCUT2D eigenvalue weighted by Gasteiger charge is -2.34. The van der Waals surface area contributed by atoms with Crippen molar-refractivity contribution in [3.05, 3.63) is 35.5 Å². The van der Waals surface area contributed by atoms with E-state index in [2.05, 4.69) is 20.0 Å². The van der Waals surface area contributed by atoms with E-state index in [-0.39, 0.29) is 11.6 Å². The van der Waals surface area contributed by atoms with Crippen molar-refractivity contribution in [1.82, 2.24) is 24.7 Å². The molecular formula is C21H23ClFN7. The number of anilines is 1. The van der Waals surface area contributed by atoms with Crippen molar-refractivity contribution in [2.24, 2.45) is 12.8 Å². The highest BCUT2D eigenvalue weighted by Crippen LogP contribution is 2.38. The number of hydrogen-bond donors (Lipinski definition) is 2. The van der Waals surface area contributed by atoms with Crippen LogP contribution in [0, 0.1) is 5.82 Å². The summed E-state index contributed by atoms with van der Waals surface area (Å²) in [6.45, 7) is 0. The van der Waals surface area contributed by atoms with Crippen LogP contribution < -0.4 is 10.6 Å². The summed E-state index contributed by atoms with van der Waals surface area (Å²) in [6, 6.07) is 2.00. The molecule has 1 aliphatic carbocycles. The minimum atomic E-state index is -0.419. The predicted molar refractivity (Wildman–Crippen MR) is 117 cm³/mol. The van der Waals surface area contributed by atoms with E-state index in [0.29, 0.717) is 38.7 Å². The first kappa shape index (κ1) is 19.3. The first-order valence-electron chi connectivity index (χ1n) is 10.1. The van der Waals surface area contributed by atoms with Gasteiger partial charge in [-0.2, -0.15) is 5.10 Å². The van der Waals surface area contributed by atoms with Crippen LogP contribution >= 0.6 is 11.6 Å². The molecule has 3 heterocycles. The van der Waals surface area contributed by atoms with E-state index in [4.69, 9.17) is 22.3 Å². The van der Waals surface area contributed by atoms with Gasteiger partial charge in [-0.3, -0.25) is 4.68 Å². The average molecular weight is 428 g/mol. The van der Waals surface area contributed by atoms with Crippen molar-refractivity contribution in [3.63, 3.8) is 0 Å². The van der Waals surface area contributed by atoms with Crippen molar-refractivity contribution in [1.29, 1.82) is 0 Å². The van der Waals surface area contributed by atoms with Crippen LogP contribution in [-0.4, -0.2) is 43.9 Å². The molecule has 3 aromatic heterocycles. The van der Waals surface area contributed by atoms with Crippen molar-refractivity contribution >= 4 is 39.5 Å². The second kappa shape index (κ2) is 7.21. The number of aryl methyl sites for hydroxylation is 1. The fraction of sp³-hybridized carbons (Fsp3) is 0.381. The fourth-order valence-electron chi connectivity index (χ4n) is 4.43. The number of benzene rings is 1. The monoisotopic (exact) mass is 427 g/mol. The summed E-state index contributed by atoms with van der Waals surface area (Å²) in [6.07, 6.45) is 9.49. The third-order valence-electron chi connectivity index (χ3n) is 6.05. The molecule has 0 radical (unpaired) electrons. The van der Waals surface area contributed by atoms with Crippen LogP contribution in [0.2, 0.25) is 5.02 Å². The Labute approximate surface area is 178 Å². The number of nitrogens with one attached hydrogen (secondary N) is 1. The van der Waals surface area contributed by atoms with Crippen LogP contribution in [0.1, 0.15) is 25.7 Å². The highest BCUT2D eigenvalue weighted by atomic mass is 35.5. The number of hydrogen-bond acceptors (Lipinski definition) is 5. The summed E-state index contributed by atoms with van der Waals surface area (Å²) in [7, 11) is 3.77. The summed E-state index contributed by atoms with van der Waals surface area (Å²) in [5, 5.41) is 5.16. The van der Waals surface area contributed by atoms with Crippen molar-refractivity contribution in [3.8, 4) is 11.1 Å². The molecule has 1 fully saturated rings. The Hall–Kier alpha value is -2.71. The van der Waals surface area contributed by atoms with Crippen molar-refractivity contribution in [2.45, 2.75) is 37.8 Å². The predicted octanol–water partition coefficient (Wildman–Crippen LogP) is 4.01. The Bertz CT molecular complexity index is 1250. The summed E-state index contributed by atoms with van der Waals surface area (Å²) in [5.74, 6) is 0.368. The van der Waals surface area contributed by atoms with E-state index in [9.17, 15) is 4.39 Å². The number of halogens is 2. The Morgan fingerprint density at radius 2 is 2.13 bits per heavy atom. The number of H-pyrrole nitrogens is 1. The van der Waals surface area contributed by atoms with Gasteiger partial charge in [0.2, 0.25) is 0 Å². The van der Waals surface area contributed by atoms with Crippen LogP contribution in [0.5, 0.6) is 0 Å². The van der Waals surface area contributed by atoms with E-state index < -0.39 is 5.82 Å². The quantitative estimate of drug-likeness (QED) is 0.515. The van der Waals surface area contributed by atoms with E-state index >= 15 is 0 Å². The Kier molecular flexibility index (Phi) is 4.63. The van der Waals surface area contributed by atoms with Gasteiger partial charge in [-0.25, -0.2) is 14.4 Å². The maximum atomic E-state index is 14.6. The number of fused-ring (bicyclic) bond motifs is 2. The van der Waals surface area contributed by atoms with Crippen LogP contribution in [-0.2, 0) is 7.05 Å². The molecular weight excluding hydrogens is 405 g/mol. The molecule has 0 aliphatic heterocycles. The van der Waals surface area contributed by atoms with E-state index in [1.54, 1.807) is 30.3 Å². The molecule has 0 saturated heterocycles. The molecule has 30 heavy (non-hydrogen) atoms. The Balaban J connectivity index is 1.55. The Morgan fingerprint density at radius 3 is 2.93 bits per heavy atom. The molecule has 0 bridgehead atoms. The van der Waals surface area contributed by atoms with E-state index in [1.165, 1.54) is 6.07 Å². The lowest BCUT2D eigenvalue weighted by molar-refractivity contribution is 0.381. The number of nitrogens with zero attached hydrogens (tertiary/aromatic N) is 5. The van der Waals surface area contributed by atoms with Gasteiger partial charge in [0.1, 0.15) is 16.9 Å². The van der Waals surface area contributed by atoms with Gasteiger partial charge in [0.25, 0.3) is 0 Å². The van der Waals surface area contributed by atoms with Crippen LogP contribution in [0.15, 0.2) is 24.7 Å². The van der Waals surface area contributed by atoms with Gasteiger partial charge in [-0.05, 0) is 31.7 Å². The SMILES string of the molecule is CN(c1cnc2c(-c3cc(F)c4nn(C)cc4c3Cl)c[nH]c2n1)[C@@H]1CCC[C@@H](N)C1. The lowest BCUT2D eigenvalue weighted by Crippen LogP contribution is -2.41. The zero-order chi connectivity index (χ0) is 21.0. The second-order valence-electron chi connectivity index (χ2n) is 8.10. The van der Waals surface area contributed by atoms with E-state index in [1.807, 2.05) is 7.05 Å². The molecule has 3 N–H and O–H groups in total. The van der Waals surface area contributed by atoms with E-state index in [0.717, 1.165) is 31.5 Å². The molecule has 1 saturated carbocycles. The summed E-state index contributed by atoms with van der Waals surface area (Å²) in [4.78, 5) is 14.7. The zero-order valence-corrected chi connectivity index (χ0v) is 17.6. The highest BCUT2D eigenvalue weighted by Gasteiger charge is 2.25. The largest absolute Gasteiger partial charge is 0.355 e. The molecule has 4 aromatic rings. The topological polar surface area (TPSA) is 88.7 Å². The molecule has 1 aromatic carbocycles. The van der Waals surface area contributed by atoms with Gasteiger partial charge in [0, 0.05) is 55.1 Å². The maximum absolute atomic E-state index is 14.6. The van der Waals surface area contributed by atoms with Gasteiger partial charge in [0.15, 0.2) is 11.5 Å². The third-order valence-corrected chi connectivity index (χ3v) is 6.46. The molecule has 2 atom stereocenters. The van der Waals surface area contributed by atoms with Crippen LogP contribution in [0.25, 0.3) is 33.2 Å². The standard InChI is InChI=1S/C21H23ClFN7/c1-29-10-15-18(22)13(7-16(23)19(15)28-29)14-8-26-21-20(14)25-9-17(27-21)30(2)12-5-3-4-11(24)6-12/h7-12H,3-6,24H2,1-2H3,(H,26,27)/t11-,12-/m1/s1. The lowest BCUT2D eigenvalue weighted by atomic mass is 9.91. The second-order valence-corrected chi connectivity index (χ2v) is 8.48. The van der Waals surface area contributed by atoms with Crippen molar-refractivity contribution in [2.75, 3.05) is 11.9 Å². The molecule has 5 rings (SSSR count).